The van der Waals surface area contributed by atoms with Crippen LogP contribution in [0.15, 0.2) is 5.38 Å². The standard InChI is InChI=1S/C12H19N3S/c1-8(2)5-13-6-11-10(4)14-12-15(11)9(3)7-16-12/h7-8,13H,5-6H2,1-4H3. The number of hydrogen-bond donors (Lipinski definition) is 1. The molecular formula is C12H19N3S. The van der Waals surface area contributed by atoms with Crippen LogP contribution in [0.5, 0.6) is 0 Å². The Morgan fingerprint density at radius 2 is 2.19 bits per heavy atom. The first-order valence-electron chi connectivity index (χ1n) is 5.72. The zero-order chi connectivity index (χ0) is 11.7. The lowest BCUT2D eigenvalue weighted by molar-refractivity contribution is 0.546. The summed E-state index contributed by atoms with van der Waals surface area (Å²) in [4.78, 5) is 5.68. The van der Waals surface area contributed by atoms with Crippen molar-refractivity contribution in [1.29, 1.82) is 0 Å². The maximum absolute atomic E-state index is 4.57. The highest BCUT2D eigenvalue weighted by molar-refractivity contribution is 7.15. The minimum atomic E-state index is 0.687. The summed E-state index contributed by atoms with van der Waals surface area (Å²) >= 11 is 1.71. The molecule has 0 saturated carbocycles. The van der Waals surface area contributed by atoms with Crippen molar-refractivity contribution in [2.24, 2.45) is 5.92 Å². The molecule has 2 aromatic rings. The van der Waals surface area contributed by atoms with Crippen LogP contribution in [0.25, 0.3) is 4.96 Å². The maximum atomic E-state index is 4.57. The molecule has 0 aromatic carbocycles. The van der Waals surface area contributed by atoms with Gasteiger partial charge in [-0.05, 0) is 26.3 Å². The second kappa shape index (κ2) is 4.55. The van der Waals surface area contributed by atoms with E-state index in [2.05, 4.69) is 47.8 Å². The number of fused-ring (bicyclic) bond motifs is 1. The van der Waals surface area contributed by atoms with Gasteiger partial charge in [-0.1, -0.05) is 13.8 Å². The van der Waals surface area contributed by atoms with E-state index in [4.69, 9.17) is 0 Å². The van der Waals surface area contributed by atoms with Crippen molar-refractivity contribution in [1.82, 2.24) is 14.7 Å². The number of aromatic nitrogens is 2. The van der Waals surface area contributed by atoms with Crippen LogP contribution in [0.3, 0.4) is 0 Å². The molecule has 0 amide bonds. The molecule has 0 aliphatic carbocycles. The van der Waals surface area contributed by atoms with Crippen LogP contribution in [-0.2, 0) is 6.54 Å². The monoisotopic (exact) mass is 237 g/mol. The first-order valence-corrected chi connectivity index (χ1v) is 6.60. The van der Waals surface area contributed by atoms with Crippen LogP contribution in [-0.4, -0.2) is 15.9 Å². The summed E-state index contributed by atoms with van der Waals surface area (Å²) in [5.41, 5.74) is 3.72. The van der Waals surface area contributed by atoms with Crippen molar-refractivity contribution in [3.63, 3.8) is 0 Å². The van der Waals surface area contributed by atoms with Gasteiger partial charge in [0.2, 0.25) is 0 Å². The van der Waals surface area contributed by atoms with Gasteiger partial charge < -0.3 is 5.32 Å². The topological polar surface area (TPSA) is 29.3 Å². The molecule has 0 fully saturated rings. The summed E-state index contributed by atoms with van der Waals surface area (Å²) in [5.74, 6) is 0.687. The van der Waals surface area contributed by atoms with E-state index in [-0.39, 0.29) is 0 Å². The SMILES string of the molecule is Cc1nc2scc(C)n2c1CNCC(C)C. The smallest absolute Gasteiger partial charge is 0.194 e. The average Bonchev–Trinajstić information content (AvgIpc) is 2.69. The van der Waals surface area contributed by atoms with Crippen LogP contribution < -0.4 is 5.32 Å². The fraction of sp³-hybridized carbons (Fsp3) is 0.583. The number of rotatable bonds is 4. The number of nitrogens with one attached hydrogen (secondary N) is 1. The Morgan fingerprint density at radius 3 is 2.88 bits per heavy atom. The summed E-state index contributed by atoms with van der Waals surface area (Å²) in [7, 11) is 0. The van der Waals surface area contributed by atoms with E-state index in [1.54, 1.807) is 11.3 Å². The van der Waals surface area contributed by atoms with Crippen molar-refractivity contribution >= 4 is 16.3 Å². The molecule has 88 valence electrons. The second-order valence-corrected chi connectivity index (χ2v) is 5.50. The van der Waals surface area contributed by atoms with E-state index in [9.17, 15) is 0 Å². The van der Waals surface area contributed by atoms with Gasteiger partial charge in [0.15, 0.2) is 4.96 Å². The molecule has 0 atom stereocenters. The van der Waals surface area contributed by atoms with Gasteiger partial charge in [-0.2, -0.15) is 0 Å². The lowest BCUT2D eigenvalue weighted by atomic mass is 10.2. The van der Waals surface area contributed by atoms with Crippen molar-refractivity contribution in [2.75, 3.05) is 6.54 Å². The molecule has 0 bridgehead atoms. The molecule has 0 spiro atoms. The van der Waals surface area contributed by atoms with Gasteiger partial charge in [-0.3, -0.25) is 4.40 Å². The lowest BCUT2D eigenvalue weighted by Crippen LogP contribution is -2.20. The largest absolute Gasteiger partial charge is 0.311 e. The predicted molar refractivity (Wildman–Crippen MR) is 69.1 cm³/mol. The molecule has 1 N–H and O–H groups in total. The molecule has 0 aliphatic heterocycles. The number of hydrogen-bond acceptors (Lipinski definition) is 3. The third kappa shape index (κ3) is 2.13. The molecule has 0 radical (unpaired) electrons. The Balaban J connectivity index is 2.21. The molecule has 2 aromatic heterocycles. The zero-order valence-corrected chi connectivity index (χ0v) is 11.2. The van der Waals surface area contributed by atoms with Gasteiger partial charge in [0, 0.05) is 17.6 Å². The van der Waals surface area contributed by atoms with Gasteiger partial charge in [-0.15, -0.1) is 11.3 Å². The Labute approximate surface area is 101 Å². The molecule has 2 rings (SSSR count). The first-order chi connectivity index (χ1) is 7.59. The van der Waals surface area contributed by atoms with Crippen molar-refractivity contribution < 1.29 is 0 Å². The van der Waals surface area contributed by atoms with E-state index in [0.29, 0.717) is 5.92 Å². The van der Waals surface area contributed by atoms with E-state index in [1.807, 2.05) is 0 Å². The van der Waals surface area contributed by atoms with Crippen LogP contribution in [0, 0.1) is 19.8 Å². The number of thiazole rings is 1. The van der Waals surface area contributed by atoms with Crippen molar-refractivity contribution in [3.05, 3.63) is 22.5 Å². The Bertz CT molecular complexity index is 482. The summed E-state index contributed by atoms with van der Waals surface area (Å²) in [5, 5.41) is 5.64. The van der Waals surface area contributed by atoms with E-state index in [0.717, 1.165) is 23.7 Å². The first kappa shape index (κ1) is 11.6. The molecule has 2 heterocycles. The molecule has 0 aliphatic rings. The van der Waals surface area contributed by atoms with Crippen molar-refractivity contribution in [2.45, 2.75) is 34.2 Å². The number of nitrogens with zero attached hydrogens (tertiary/aromatic N) is 2. The molecule has 4 heteroatoms. The van der Waals surface area contributed by atoms with Crippen LogP contribution >= 0.6 is 11.3 Å². The van der Waals surface area contributed by atoms with Gasteiger partial charge >= 0.3 is 0 Å². The summed E-state index contributed by atoms with van der Waals surface area (Å²) < 4.78 is 2.26. The van der Waals surface area contributed by atoms with E-state index in [1.165, 1.54) is 11.4 Å². The number of imidazole rings is 1. The Morgan fingerprint density at radius 1 is 1.44 bits per heavy atom. The van der Waals surface area contributed by atoms with Crippen LogP contribution in [0.2, 0.25) is 0 Å². The highest BCUT2D eigenvalue weighted by atomic mass is 32.1. The maximum Gasteiger partial charge on any atom is 0.194 e. The van der Waals surface area contributed by atoms with Crippen molar-refractivity contribution in [3.8, 4) is 0 Å². The highest BCUT2D eigenvalue weighted by Crippen LogP contribution is 2.20. The predicted octanol–water partition coefficient (Wildman–Crippen LogP) is 2.76. The van der Waals surface area contributed by atoms with E-state index < -0.39 is 0 Å². The van der Waals surface area contributed by atoms with Crippen LogP contribution in [0.1, 0.15) is 30.9 Å². The summed E-state index contributed by atoms with van der Waals surface area (Å²) in [6.45, 7) is 10.6. The summed E-state index contributed by atoms with van der Waals surface area (Å²) in [6, 6.07) is 0. The quantitative estimate of drug-likeness (QED) is 0.886. The molecule has 3 nitrogen and oxygen atoms in total. The Hall–Kier alpha value is -0.870. The average molecular weight is 237 g/mol. The third-order valence-electron chi connectivity index (χ3n) is 2.67. The van der Waals surface area contributed by atoms with E-state index >= 15 is 0 Å². The van der Waals surface area contributed by atoms with Gasteiger partial charge in [0.1, 0.15) is 0 Å². The Kier molecular flexibility index (Phi) is 3.30. The molecular weight excluding hydrogens is 218 g/mol. The highest BCUT2D eigenvalue weighted by Gasteiger charge is 2.11. The minimum Gasteiger partial charge on any atom is -0.311 e. The fourth-order valence-electron chi connectivity index (χ4n) is 1.85. The molecule has 16 heavy (non-hydrogen) atoms. The fourth-order valence-corrected chi connectivity index (χ4v) is 2.79. The summed E-state index contributed by atoms with van der Waals surface area (Å²) in [6.07, 6.45) is 0. The number of aryl methyl sites for hydroxylation is 2. The zero-order valence-electron chi connectivity index (χ0n) is 10.4. The molecule has 0 unspecified atom stereocenters. The molecule has 0 saturated heterocycles. The third-order valence-corrected chi connectivity index (χ3v) is 3.62. The van der Waals surface area contributed by atoms with Gasteiger partial charge in [0.25, 0.3) is 0 Å². The lowest BCUT2D eigenvalue weighted by Gasteiger charge is -2.08. The minimum absolute atomic E-state index is 0.687. The van der Waals surface area contributed by atoms with Gasteiger partial charge in [0.05, 0.1) is 11.4 Å². The van der Waals surface area contributed by atoms with Crippen LogP contribution in [0.4, 0.5) is 0 Å². The van der Waals surface area contributed by atoms with Gasteiger partial charge in [-0.25, -0.2) is 4.98 Å². The second-order valence-electron chi connectivity index (χ2n) is 4.66. The normalized spacial score (nSPS) is 11.8.